The molecule has 0 N–H and O–H groups in total. The molecule has 2 aromatic heterocycles. The first-order valence-electron chi connectivity index (χ1n) is 13.5. The zero-order chi connectivity index (χ0) is 26.0. The standard InChI is InChI=1S/C29H37F2N5O/c1-29(30,31)20-36-12-8-21(9-13-36)28(37)16-25-15-24-14-22(6-7-23(24)17-32-25)26-18-33-34(2)27(26)19-35-10-4-3-5-11-35/h6-7,14-15,17-18,21H,3-5,8-13,16,19-20H2,1-2H3. The van der Waals surface area contributed by atoms with Crippen molar-refractivity contribution in [2.45, 2.75) is 57.9 Å². The van der Waals surface area contributed by atoms with Crippen LogP contribution in [0.1, 0.15) is 50.4 Å². The Kier molecular flexibility index (Phi) is 7.67. The fraction of sp³-hybridized carbons (Fsp3) is 0.552. The van der Waals surface area contributed by atoms with Crippen LogP contribution in [-0.2, 0) is 24.8 Å². The van der Waals surface area contributed by atoms with Crippen molar-refractivity contribution in [3.05, 3.63) is 48.0 Å². The van der Waals surface area contributed by atoms with Gasteiger partial charge in [-0.25, -0.2) is 8.78 Å². The number of ketones is 1. The third-order valence-electron chi connectivity index (χ3n) is 7.87. The van der Waals surface area contributed by atoms with E-state index in [1.807, 2.05) is 30.2 Å². The van der Waals surface area contributed by atoms with Crippen LogP contribution >= 0.6 is 0 Å². The Morgan fingerprint density at radius 1 is 1.00 bits per heavy atom. The Hall–Kier alpha value is -2.71. The molecule has 37 heavy (non-hydrogen) atoms. The van der Waals surface area contributed by atoms with Gasteiger partial charge < -0.3 is 0 Å². The molecule has 2 aliphatic rings. The molecule has 2 aliphatic heterocycles. The second-order valence-electron chi connectivity index (χ2n) is 11.0. The summed E-state index contributed by atoms with van der Waals surface area (Å²) in [5, 5.41) is 6.66. The van der Waals surface area contributed by atoms with Crippen LogP contribution in [0.5, 0.6) is 0 Å². The average molecular weight is 510 g/mol. The summed E-state index contributed by atoms with van der Waals surface area (Å²) in [6.45, 7) is 4.96. The smallest absolute Gasteiger partial charge is 0.257 e. The lowest BCUT2D eigenvalue weighted by atomic mass is 9.90. The number of fused-ring (bicyclic) bond motifs is 1. The molecule has 3 aromatic rings. The highest BCUT2D eigenvalue weighted by Gasteiger charge is 2.30. The molecule has 2 saturated heterocycles. The number of nitrogens with zero attached hydrogens (tertiary/aromatic N) is 5. The van der Waals surface area contributed by atoms with Crippen LogP contribution in [0.15, 0.2) is 36.7 Å². The van der Waals surface area contributed by atoms with Gasteiger partial charge in [0.25, 0.3) is 5.92 Å². The minimum atomic E-state index is -2.70. The van der Waals surface area contributed by atoms with Gasteiger partial charge in [-0.1, -0.05) is 18.6 Å². The van der Waals surface area contributed by atoms with E-state index in [9.17, 15) is 13.6 Å². The van der Waals surface area contributed by atoms with E-state index in [2.05, 4.69) is 33.2 Å². The molecule has 0 spiro atoms. The molecule has 0 atom stereocenters. The summed E-state index contributed by atoms with van der Waals surface area (Å²) in [6.07, 6.45) is 9.16. The average Bonchev–Trinajstić information content (AvgIpc) is 3.23. The number of halogens is 2. The van der Waals surface area contributed by atoms with Crippen molar-refractivity contribution in [1.82, 2.24) is 24.6 Å². The number of likely N-dealkylation sites (tertiary alicyclic amines) is 2. The van der Waals surface area contributed by atoms with E-state index in [0.29, 0.717) is 25.9 Å². The van der Waals surface area contributed by atoms with E-state index in [4.69, 9.17) is 0 Å². The van der Waals surface area contributed by atoms with Crippen LogP contribution in [0.25, 0.3) is 21.9 Å². The van der Waals surface area contributed by atoms with Crippen LogP contribution in [0.2, 0.25) is 0 Å². The highest BCUT2D eigenvalue weighted by atomic mass is 19.3. The Labute approximate surface area is 217 Å². The predicted molar refractivity (Wildman–Crippen MR) is 142 cm³/mol. The third kappa shape index (κ3) is 6.41. The number of aromatic nitrogens is 3. The zero-order valence-corrected chi connectivity index (χ0v) is 21.9. The van der Waals surface area contributed by atoms with Crippen LogP contribution in [0, 0.1) is 5.92 Å². The molecule has 0 unspecified atom stereocenters. The van der Waals surface area contributed by atoms with Crippen molar-refractivity contribution in [2.24, 2.45) is 13.0 Å². The first-order chi connectivity index (χ1) is 17.7. The van der Waals surface area contributed by atoms with Gasteiger partial charge >= 0.3 is 0 Å². The quantitative estimate of drug-likeness (QED) is 0.423. The highest BCUT2D eigenvalue weighted by molar-refractivity contribution is 5.89. The van der Waals surface area contributed by atoms with Gasteiger partial charge in [0.1, 0.15) is 5.78 Å². The number of rotatable bonds is 8. The summed E-state index contributed by atoms with van der Waals surface area (Å²) in [4.78, 5) is 21.8. The van der Waals surface area contributed by atoms with Crippen LogP contribution in [-0.4, -0.2) is 69.0 Å². The number of benzene rings is 1. The van der Waals surface area contributed by atoms with Gasteiger partial charge in [0.05, 0.1) is 18.4 Å². The van der Waals surface area contributed by atoms with E-state index in [0.717, 1.165) is 54.2 Å². The molecule has 0 radical (unpaired) electrons. The first kappa shape index (κ1) is 25.9. The number of pyridine rings is 1. The number of carbonyl (C=O) groups excluding carboxylic acids is 1. The molecular weight excluding hydrogens is 472 g/mol. The summed E-state index contributed by atoms with van der Waals surface area (Å²) in [7, 11) is 2.01. The normalized spacial score (nSPS) is 18.5. The summed E-state index contributed by atoms with van der Waals surface area (Å²) in [5.41, 5.74) is 4.25. The maximum Gasteiger partial charge on any atom is 0.257 e. The molecule has 8 heteroatoms. The lowest BCUT2D eigenvalue weighted by molar-refractivity contribution is -0.124. The number of hydrogen-bond acceptors (Lipinski definition) is 5. The molecule has 0 bridgehead atoms. The van der Waals surface area contributed by atoms with Crippen molar-refractivity contribution in [3.8, 4) is 11.1 Å². The van der Waals surface area contributed by atoms with Crippen molar-refractivity contribution >= 4 is 16.6 Å². The Morgan fingerprint density at radius 3 is 2.49 bits per heavy atom. The van der Waals surface area contributed by atoms with Crippen LogP contribution in [0.4, 0.5) is 8.78 Å². The molecule has 0 amide bonds. The van der Waals surface area contributed by atoms with Crippen molar-refractivity contribution in [3.63, 3.8) is 0 Å². The molecule has 6 nitrogen and oxygen atoms in total. The monoisotopic (exact) mass is 509 g/mol. The maximum atomic E-state index is 13.3. The zero-order valence-electron chi connectivity index (χ0n) is 21.9. The molecule has 4 heterocycles. The molecule has 2 fully saturated rings. The molecule has 0 saturated carbocycles. The predicted octanol–water partition coefficient (Wildman–Crippen LogP) is 5.10. The SMILES string of the molecule is Cn1ncc(-c2ccc3cnc(CC(=O)C4CCN(CC(C)(F)F)CC4)cc3c2)c1CN1CCCCC1. The summed E-state index contributed by atoms with van der Waals surface area (Å²) < 4.78 is 28.6. The largest absolute Gasteiger partial charge is 0.299 e. The van der Waals surface area contributed by atoms with Gasteiger partial charge in [-0.2, -0.15) is 5.10 Å². The van der Waals surface area contributed by atoms with Gasteiger partial charge in [-0.15, -0.1) is 0 Å². The van der Waals surface area contributed by atoms with Gasteiger partial charge in [0.15, 0.2) is 0 Å². The van der Waals surface area contributed by atoms with Crippen molar-refractivity contribution in [1.29, 1.82) is 0 Å². The molecule has 0 aliphatic carbocycles. The number of carbonyl (C=O) groups is 1. The first-order valence-corrected chi connectivity index (χ1v) is 13.5. The lowest BCUT2D eigenvalue weighted by Crippen LogP contribution is -2.42. The Morgan fingerprint density at radius 2 is 1.76 bits per heavy atom. The minimum absolute atomic E-state index is 0.0849. The van der Waals surface area contributed by atoms with Crippen molar-refractivity contribution < 1.29 is 13.6 Å². The molecule has 1 aromatic carbocycles. The summed E-state index contributed by atoms with van der Waals surface area (Å²) >= 11 is 0. The number of alkyl halides is 2. The second kappa shape index (κ2) is 11.0. The van der Waals surface area contributed by atoms with E-state index in [1.165, 1.54) is 25.0 Å². The summed E-state index contributed by atoms with van der Waals surface area (Å²) in [5.74, 6) is -2.63. The van der Waals surface area contributed by atoms with Crippen LogP contribution in [0.3, 0.4) is 0 Å². The molecular formula is C29H37F2N5O. The summed E-state index contributed by atoms with van der Waals surface area (Å²) in [6, 6.07) is 8.40. The van der Waals surface area contributed by atoms with Gasteiger partial charge in [0, 0.05) is 55.7 Å². The molecule has 198 valence electrons. The highest BCUT2D eigenvalue weighted by Crippen LogP contribution is 2.29. The van der Waals surface area contributed by atoms with Gasteiger partial charge in [-0.05, 0) is 74.9 Å². The molecule has 5 rings (SSSR count). The maximum absolute atomic E-state index is 13.3. The Balaban J connectivity index is 1.28. The second-order valence-corrected chi connectivity index (χ2v) is 11.0. The van der Waals surface area contributed by atoms with Crippen LogP contribution < -0.4 is 0 Å². The van der Waals surface area contributed by atoms with E-state index < -0.39 is 5.92 Å². The van der Waals surface area contributed by atoms with E-state index in [1.54, 1.807) is 4.90 Å². The number of Topliss-reactive ketones (excluding diaryl/α,β-unsaturated/α-hetero) is 1. The topological polar surface area (TPSA) is 54.3 Å². The minimum Gasteiger partial charge on any atom is -0.299 e. The van der Waals surface area contributed by atoms with Gasteiger partial charge in [-0.3, -0.25) is 24.3 Å². The number of aryl methyl sites for hydroxylation is 1. The van der Waals surface area contributed by atoms with Crippen molar-refractivity contribution in [2.75, 3.05) is 32.7 Å². The van der Waals surface area contributed by atoms with Gasteiger partial charge in [0.2, 0.25) is 0 Å². The fourth-order valence-electron chi connectivity index (χ4n) is 5.80. The van der Waals surface area contributed by atoms with E-state index >= 15 is 0 Å². The Bertz CT molecular complexity index is 1240. The van der Waals surface area contributed by atoms with E-state index in [-0.39, 0.29) is 24.7 Å². The lowest BCUT2D eigenvalue weighted by Gasteiger charge is -2.32. The number of piperidine rings is 2. The fourth-order valence-corrected chi connectivity index (χ4v) is 5.80. The third-order valence-corrected chi connectivity index (χ3v) is 7.87. The number of hydrogen-bond donors (Lipinski definition) is 0.